The number of nitrogens with zero attached hydrogens (tertiary/aromatic N) is 3. The SMILES string of the molecule is C[C@@H](CCNc1ccc(C(=O)N(C)C)nn1)NC(=O)OC(C)(C)C. The van der Waals surface area contributed by atoms with Crippen molar-refractivity contribution in [1.29, 1.82) is 0 Å². The third-order valence-corrected chi connectivity index (χ3v) is 2.94. The summed E-state index contributed by atoms with van der Waals surface area (Å²) in [7, 11) is 3.32. The third kappa shape index (κ3) is 7.26. The molecule has 0 spiro atoms. The predicted molar refractivity (Wildman–Crippen MR) is 92.0 cm³/mol. The molecule has 0 aliphatic carbocycles. The van der Waals surface area contributed by atoms with Gasteiger partial charge in [-0.15, -0.1) is 10.2 Å². The zero-order chi connectivity index (χ0) is 18.3. The van der Waals surface area contributed by atoms with E-state index in [1.165, 1.54) is 4.90 Å². The van der Waals surface area contributed by atoms with Crippen LogP contribution < -0.4 is 10.6 Å². The summed E-state index contributed by atoms with van der Waals surface area (Å²) in [5, 5.41) is 13.7. The van der Waals surface area contributed by atoms with Gasteiger partial charge in [0.1, 0.15) is 11.4 Å². The van der Waals surface area contributed by atoms with Crippen molar-refractivity contribution in [1.82, 2.24) is 20.4 Å². The second-order valence-corrected chi connectivity index (χ2v) is 6.77. The number of amides is 2. The van der Waals surface area contributed by atoms with Crippen molar-refractivity contribution in [3.05, 3.63) is 17.8 Å². The number of hydrogen-bond donors (Lipinski definition) is 2. The summed E-state index contributed by atoms with van der Waals surface area (Å²) in [6, 6.07) is 3.28. The maximum absolute atomic E-state index is 11.7. The van der Waals surface area contributed by atoms with Crippen molar-refractivity contribution in [2.24, 2.45) is 0 Å². The van der Waals surface area contributed by atoms with Gasteiger partial charge in [-0.2, -0.15) is 0 Å². The fourth-order valence-corrected chi connectivity index (χ4v) is 1.77. The van der Waals surface area contributed by atoms with Crippen LogP contribution in [-0.2, 0) is 4.74 Å². The zero-order valence-corrected chi connectivity index (χ0v) is 15.2. The van der Waals surface area contributed by atoms with Gasteiger partial charge in [0.25, 0.3) is 5.91 Å². The van der Waals surface area contributed by atoms with Crippen LogP contribution in [0.1, 0.15) is 44.6 Å². The molecule has 8 heteroatoms. The molecule has 0 bridgehead atoms. The third-order valence-electron chi connectivity index (χ3n) is 2.94. The molecule has 134 valence electrons. The van der Waals surface area contributed by atoms with Gasteiger partial charge in [0, 0.05) is 26.7 Å². The first-order valence-electron chi connectivity index (χ1n) is 7.87. The lowest BCUT2D eigenvalue weighted by atomic mass is 10.2. The number of nitrogens with one attached hydrogen (secondary N) is 2. The van der Waals surface area contributed by atoms with Gasteiger partial charge in [-0.25, -0.2) is 4.79 Å². The van der Waals surface area contributed by atoms with E-state index in [0.29, 0.717) is 24.5 Å². The summed E-state index contributed by atoms with van der Waals surface area (Å²) in [4.78, 5) is 24.8. The van der Waals surface area contributed by atoms with E-state index in [1.807, 2.05) is 27.7 Å². The van der Waals surface area contributed by atoms with Crippen molar-refractivity contribution in [2.45, 2.75) is 45.8 Å². The molecule has 1 rings (SSSR count). The second kappa shape index (κ2) is 8.47. The summed E-state index contributed by atoms with van der Waals surface area (Å²) in [5.41, 5.74) is -0.214. The highest BCUT2D eigenvalue weighted by atomic mass is 16.6. The first-order chi connectivity index (χ1) is 11.1. The van der Waals surface area contributed by atoms with Gasteiger partial charge in [-0.3, -0.25) is 4.79 Å². The molecule has 1 atom stereocenters. The van der Waals surface area contributed by atoms with Crippen molar-refractivity contribution in [2.75, 3.05) is 26.0 Å². The molecule has 0 aliphatic heterocycles. The standard InChI is InChI=1S/C16H27N5O3/c1-11(18-15(23)24-16(2,3)4)9-10-17-13-8-7-12(19-20-13)14(22)21(5)6/h7-8,11H,9-10H2,1-6H3,(H,17,20)(H,18,23)/t11-/m0/s1. The Morgan fingerprint density at radius 2 is 1.92 bits per heavy atom. The maximum Gasteiger partial charge on any atom is 0.407 e. The van der Waals surface area contributed by atoms with Crippen LogP contribution in [0.25, 0.3) is 0 Å². The van der Waals surface area contributed by atoms with Gasteiger partial charge in [0.15, 0.2) is 5.69 Å². The first kappa shape index (κ1) is 19.7. The number of hydrogen-bond acceptors (Lipinski definition) is 6. The molecule has 0 aliphatic rings. The topological polar surface area (TPSA) is 96.5 Å². The number of aromatic nitrogens is 2. The Balaban J connectivity index is 2.37. The Morgan fingerprint density at radius 1 is 1.25 bits per heavy atom. The largest absolute Gasteiger partial charge is 0.444 e. The van der Waals surface area contributed by atoms with Crippen molar-refractivity contribution < 1.29 is 14.3 Å². The quantitative estimate of drug-likeness (QED) is 0.823. The molecule has 0 saturated carbocycles. The number of rotatable bonds is 6. The summed E-state index contributed by atoms with van der Waals surface area (Å²) in [6.07, 6.45) is 0.264. The van der Waals surface area contributed by atoms with E-state index in [1.54, 1.807) is 26.2 Å². The highest BCUT2D eigenvalue weighted by molar-refractivity contribution is 5.91. The lowest BCUT2D eigenvalue weighted by Crippen LogP contribution is -2.38. The Kier molecular flexibility index (Phi) is 6.94. The monoisotopic (exact) mass is 337 g/mol. The van der Waals surface area contributed by atoms with Crippen molar-refractivity contribution >= 4 is 17.8 Å². The van der Waals surface area contributed by atoms with E-state index in [2.05, 4.69) is 20.8 Å². The van der Waals surface area contributed by atoms with Gasteiger partial charge in [-0.05, 0) is 46.2 Å². The highest BCUT2D eigenvalue weighted by Gasteiger charge is 2.17. The van der Waals surface area contributed by atoms with Crippen LogP contribution in [0.3, 0.4) is 0 Å². The van der Waals surface area contributed by atoms with Crippen LogP contribution in [0.4, 0.5) is 10.6 Å². The lowest BCUT2D eigenvalue weighted by Gasteiger charge is -2.22. The van der Waals surface area contributed by atoms with Gasteiger partial charge in [0.05, 0.1) is 0 Å². The molecule has 2 amide bonds. The molecule has 0 aromatic carbocycles. The Labute approximate surface area is 143 Å². The summed E-state index contributed by atoms with van der Waals surface area (Å²) < 4.78 is 5.20. The number of carbonyl (C=O) groups excluding carboxylic acids is 2. The molecular weight excluding hydrogens is 310 g/mol. The molecular formula is C16H27N5O3. The molecule has 0 saturated heterocycles. The molecule has 0 fully saturated rings. The minimum Gasteiger partial charge on any atom is -0.444 e. The van der Waals surface area contributed by atoms with Crippen LogP contribution in [0, 0.1) is 0 Å². The molecule has 1 heterocycles. The Hall–Kier alpha value is -2.38. The van der Waals surface area contributed by atoms with E-state index in [4.69, 9.17) is 4.74 Å². The minimum absolute atomic E-state index is 0.0464. The maximum atomic E-state index is 11.7. The average Bonchev–Trinajstić information content (AvgIpc) is 2.45. The normalized spacial score (nSPS) is 12.2. The molecule has 24 heavy (non-hydrogen) atoms. The van der Waals surface area contributed by atoms with Gasteiger partial charge < -0.3 is 20.3 Å². The van der Waals surface area contributed by atoms with E-state index in [0.717, 1.165) is 0 Å². The van der Waals surface area contributed by atoms with Gasteiger partial charge in [0.2, 0.25) is 0 Å². The first-order valence-corrected chi connectivity index (χ1v) is 7.87. The fraction of sp³-hybridized carbons (Fsp3) is 0.625. The lowest BCUT2D eigenvalue weighted by molar-refractivity contribution is 0.0507. The predicted octanol–water partition coefficient (Wildman–Crippen LogP) is 1.89. The average molecular weight is 337 g/mol. The van der Waals surface area contributed by atoms with Gasteiger partial charge >= 0.3 is 6.09 Å². The van der Waals surface area contributed by atoms with E-state index >= 15 is 0 Å². The summed E-state index contributed by atoms with van der Waals surface area (Å²) >= 11 is 0. The number of ether oxygens (including phenoxy) is 1. The Morgan fingerprint density at radius 3 is 2.42 bits per heavy atom. The van der Waals surface area contributed by atoms with Crippen molar-refractivity contribution in [3.8, 4) is 0 Å². The van der Waals surface area contributed by atoms with Crippen LogP contribution in [0.5, 0.6) is 0 Å². The van der Waals surface area contributed by atoms with E-state index < -0.39 is 11.7 Å². The van der Waals surface area contributed by atoms with Crippen LogP contribution in [-0.4, -0.2) is 59.4 Å². The zero-order valence-electron chi connectivity index (χ0n) is 15.2. The number of anilines is 1. The van der Waals surface area contributed by atoms with Crippen LogP contribution >= 0.6 is 0 Å². The van der Waals surface area contributed by atoms with Gasteiger partial charge in [-0.1, -0.05) is 0 Å². The van der Waals surface area contributed by atoms with Crippen molar-refractivity contribution in [3.63, 3.8) is 0 Å². The number of carbonyl (C=O) groups is 2. The highest BCUT2D eigenvalue weighted by Crippen LogP contribution is 2.07. The molecule has 8 nitrogen and oxygen atoms in total. The van der Waals surface area contributed by atoms with Crippen LogP contribution in [0.2, 0.25) is 0 Å². The van der Waals surface area contributed by atoms with E-state index in [9.17, 15) is 9.59 Å². The van der Waals surface area contributed by atoms with Crippen LogP contribution in [0.15, 0.2) is 12.1 Å². The molecule has 0 unspecified atom stereocenters. The second-order valence-electron chi connectivity index (χ2n) is 6.77. The Bertz CT molecular complexity index is 552. The summed E-state index contributed by atoms with van der Waals surface area (Å²) in [6.45, 7) is 7.97. The fourth-order valence-electron chi connectivity index (χ4n) is 1.77. The number of alkyl carbamates (subject to hydrolysis) is 1. The smallest absolute Gasteiger partial charge is 0.407 e. The molecule has 0 radical (unpaired) electrons. The molecule has 1 aromatic rings. The summed E-state index contributed by atoms with van der Waals surface area (Å²) in [5.74, 6) is 0.388. The minimum atomic E-state index is -0.511. The molecule has 1 aromatic heterocycles. The molecule has 2 N–H and O–H groups in total. The van der Waals surface area contributed by atoms with E-state index in [-0.39, 0.29) is 11.9 Å².